The minimum absolute atomic E-state index is 0.0520. The van der Waals surface area contributed by atoms with Crippen molar-refractivity contribution >= 4 is 0 Å². The standard InChI is InChI=1S/C13H19NO/c1-10(2)15-12-6-4-3-5-11(12)9-13(14)7-8-13/h3-6,10H,7-9,14H2,1-2H3. The van der Waals surface area contributed by atoms with Crippen LogP contribution in [0.5, 0.6) is 5.75 Å². The number of rotatable bonds is 4. The third-order valence-corrected chi connectivity index (χ3v) is 2.77. The van der Waals surface area contributed by atoms with E-state index in [1.54, 1.807) is 0 Å². The van der Waals surface area contributed by atoms with E-state index in [4.69, 9.17) is 10.5 Å². The summed E-state index contributed by atoms with van der Waals surface area (Å²) in [5, 5.41) is 0. The zero-order chi connectivity index (χ0) is 10.9. The zero-order valence-corrected chi connectivity index (χ0v) is 9.49. The highest BCUT2D eigenvalue weighted by Crippen LogP contribution is 2.37. The molecule has 0 saturated heterocycles. The minimum atomic E-state index is 0.0520. The Bertz CT molecular complexity index is 342. The van der Waals surface area contributed by atoms with Crippen molar-refractivity contribution in [2.24, 2.45) is 5.73 Å². The second kappa shape index (κ2) is 3.86. The summed E-state index contributed by atoms with van der Waals surface area (Å²) in [6.45, 7) is 4.10. The van der Waals surface area contributed by atoms with Gasteiger partial charge in [0.25, 0.3) is 0 Å². The number of para-hydroxylation sites is 1. The van der Waals surface area contributed by atoms with Gasteiger partial charge in [-0.1, -0.05) is 18.2 Å². The molecule has 0 spiro atoms. The van der Waals surface area contributed by atoms with Crippen LogP contribution in [0.25, 0.3) is 0 Å². The van der Waals surface area contributed by atoms with Crippen molar-refractivity contribution in [3.63, 3.8) is 0 Å². The maximum Gasteiger partial charge on any atom is 0.122 e. The van der Waals surface area contributed by atoms with Crippen molar-refractivity contribution in [2.45, 2.75) is 44.8 Å². The maximum atomic E-state index is 6.12. The second-order valence-corrected chi connectivity index (χ2v) is 4.81. The summed E-state index contributed by atoms with van der Waals surface area (Å²) in [5.74, 6) is 0.990. The normalized spacial score (nSPS) is 17.9. The summed E-state index contributed by atoms with van der Waals surface area (Å²) in [6, 6.07) is 8.21. The lowest BCUT2D eigenvalue weighted by atomic mass is 10.0. The minimum Gasteiger partial charge on any atom is -0.491 e. The Morgan fingerprint density at radius 2 is 2.00 bits per heavy atom. The summed E-state index contributed by atoms with van der Waals surface area (Å²) in [5.41, 5.74) is 7.42. The molecule has 1 aliphatic carbocycles. The molecule has 0 radical (unpaired) electrons. The molecule has 1 aliphatic rings. The van der Waals surface area contributed by atoms with E-state index in [2.05, 4.69) is 6.07 Å². The van der Waals surface area contributed by atoms with E-state index in [9.17, 15) is 0 Å². The SMILES string of the molecule is CC(C)Oc1ccccc1CC1(N)CC1. The van der Waals surface area contributed by atoms with Crippen LogP contribution >= 0.6 is 0 Å². The highest BCUT2D eigenvalue weighted by Gasteiger charge is 2.38. The van der Waals surface area contributed by atoms with Gasteiger partial charge in [-0.05, 0) is 44.7 Å². The summed E-state index contributed by atoms with van der Waals surface area (Å²) < 4.78 is 5.76. The van der Waals surface area contributed by atoms with Gasteiger partial charge in [0.1, 0.15) is 5.75 Å². The molecule has 0 aromatic heterocycles. The molecule has 0 aliphatic heterocycles. The van der Waals surface area contributed by atoms with Gasteiger partial charge in [-0.3, -0.25) is 0 Å². The Balaban J connectivity index is 2.14. The molecule has 0 bridgehead atoms. The lowest BCUT2D eigenvalue weighted by molar-refractivity contribution is 0.239. The highest BCUT2D eigenvalue weighted by molar-refractivity contribution is 5.35. The topological polar surface area (TPSA) is 35.2 Å². The first-order valence-corrected chi connectivity index (χ1v) is 5.62. The Hall–Kier alpha value is -1.02. The van der Waals surface area contributed by atoms with Gasteiger partial charge in [-0.25, -0.2) is 0 Å². The summed E-state index contributed by atoms with van der Waals surface area (Å²) >= 11 is 0. The molecule has 2 N–H and O–H groups in total. The number of hydrogen-bond donors (Lipinski definition) is 1. The van der Waals surface area contributed by atoms with Gasteiger partial charge >= 0.3 is 0 Å². The van der Waals surface area contributed by atoms with Crippen LogP contribution in [0.4, 0.5) is 0 Å². The molecule has 1 aromatic carbocycles. The van der Waals surface area contributed by atoms with E-state index in [0.29, 0.717) is 0 Å². The predicted octanol–water partition coefficient (Wildman–Crippen LogP) is 2.51. The second-order valence-electron chi connectivity index (χ2n) is 4.81. The highest BCUT2D eigenvalue weighted by atomic mass is 16.5. The van der Waals surface area contributed by atoms with Gasteiger partial charge < -0.3 is 10.5 Å². The van der Waals surface area contributed by atoms with E-state index in [0.717, 1.165) is 25.0 Å². The van der Waals surface area contributed by atoms with Crippen LogP contribution < -0.4 is 10.5 Å². The van der Waals surface area contributed by atoms with Gasteiger partial charge in [0, 0.05) is 5.54 Å². The van der Waals surface area contributed by atoms with E-state index < -0.39 is 0 Å². The van der Waals surface area contributed by atoms with Crippen molar-refractivity contribution in [1.82, 2.24) is 0 Å². The molecule has 1 saturated carbocycles. The third-order valence-electron chi connectivity index (χ3n) is 2.77. The third kappa shape index (κ3) is 2.72. The number of nitrogens with two attached hydrogens (primary N) is 1. The number of benzene rings is 1. The molecule has 15 heavy (non-hydrogen) atoms. The molecule has 1 aromatic rings. The molecule has 2 heteroatoms. The Kier molecular flexibility index (Phi) is 2.70. The summed E-state index contributed by atoms with van der Waals surface area (Å²) in [6.07, 6.45) is 3.45. The van der Waals surface area contributed by atoms with Crippen LogP contribution in [0.15, 0.2) is 24.3 Å². The van der Waals surface area contributed by atoms with Crippen LogP contribution in [-0.2, 0) is 6.42 Å². The van der Waals surface area contributed by atoms with E-state index in [1.807, 2.05) is 32.0 Å². The first-order chi connectivity index (χ1) is 7.09. The van der Waals surface area contributed by atoms with Gasteiger partial charge in [-0.15, -0.1) is 0 Å². The molecule has 82 valence electrons. The molecule has 0 atom stereocenters. The van der Waals surface area contributed by atoms with Crippen molar-refractivity contribution < 1.29 is 4.74 Å². The quantitative estimate of drug-likeness (QED) is 0.819. The van der Waals surface area contributed by atoms with Crippen molar-refractivity contribution in [2.75, 3.05) is 0 Å². The molecule has 2 nitrogen and oxygen atoms in total. The molecule has 0 heterocycles. The predicted molar refractivity (Wildman–Crippen MR) is 62.1 cm³/mol. The van der Waals surface area contributed by atoms with Crippen molar-refractivity contribution in [3.05, 3.63) is 29.8 Å². The van der Waals surface area contributed by atoms with Crippen molar-refractivity contribution in [1.29, 1.82) is 0 Å². The fourth-order valence-corrected chi connectivity index (χ4v) is 1.74. The molecule has 0 amide bonds. The van der Waals surface area contributed by atoms with Crippen LogP contribution in [-0.4, -0.2) is 11.6 Å². The lowest BCUT2D eigenvalue weighted by Gasteiger charge is -2.16. The smallest absolute Gasteiger partial charge is 0.122 e. The largest absolute Gasteiger partial charge is 0.491 e. The van der Waals surface area contributed by atoms with Gasteiger partial charge in [0.05, 0.1) is 6.10 Å². The maximum absolute atomic E-state index is 6.12. The number of ether oxygens (including phenoxy) is 1. The molecular formula is C13H19NO. The summed E-state index contributed by atoms with van der Waals surface area (Å²) in [4.78, 5) is 0. The zero-order valence-electron chi connectivity index (χ0n) is 9.49. The average Bonchev–Trinajstić information content (AvgIpc) is 2.86. The Morgan fingerprint density at radius 3 is 2.60 bits per heavy atom. The molecular weight excluding hydrogens is 186 g/mol. The van der Waals surface area contributed by atoms with Crippen LogP contribution in [0, 0.1) is 0 Å². The fraction of sp³-hybridized carbons (Fsp3) is 0.538. The lowest BCUT2D eigenvalue weighted by Crippen LogP contribution is -2.25. The van der Waals surface area contributed by atoms with E-state index in [1.165, 1.54) is 5.56 Å². The van der Waals surface area contributed by atoms with Crippen LogP contribution in [0.2, 0.25) is 0 Å². The van der Waals surface area contributed by atoms with Crippen molar-refractivity contribution in [3.8, 4) is 5.75 Å². The number of hydrogen-bond acceptors (Lipinski definition) is 2. The van der Waals surface area contributed by atoms with Gasteiger partial charge in [0.15, 0.2) is 0 Å². The monoisotopic (exact) mass is 205 g/mol. The van der Waals surface area contributed by atoms with E-state index >= 15 is 0 Å². The van der Waals surface area contributed by atoms with Gasteiger partial charge in [0.2, 0.25) is 0 Å². The Morgan fingerprint density at radius 1 is 1.33 bits per heavy atom. The fourth-order valence-electron chi connectivity index (χ4n) is 1.74. The average molecular weight is 205 g/mol. The molecule has 0 unspecified atom stereocenters. The Labute approximate surface area is 91.4 Å². The molecule has 1 fully saturated rings. The first-order valence-electron chi connectivity index (χ1n) is 5.62. The van der Waals surface area contributed by atoms with Gasteiger partial charge in [-0.2, -0.15) is 0 Å². The van der Waals surface area contributed by atoms with E-state index in [-0.39, 0.29) is 11.6 Å². The van der Waals surface area contributed by atoms with Crippen LogP contribution in [0.3, 0.4) is 0 Å². The van der Waals surface area contributed by atoms with Crippen LogP contribution in [0.1, 0.15) is 32.3 Å². The molecule has 2 rings (SSSR count). The first kappa shape index (κ1) is 10.5. The summed E-state index contributed by atoms with van der Waals surface area (Å²) in [7, 11) is 0.